The van der Waals surface area contributed by atoms with Gasteiger partial charge >= 0.3 is 0 Å². The number of rotatable bonds is 3. The van der Waals surface area contributed by atoms with Crippen LogP contribution < -0.4 is 4.72 Å². The minimum Gasteiger partial charge on any atom is -0.277 e. The Labute approximate surface area is 137 Å². The molecule has 20 heavy (non-hydrogen) atoms. The van der Waals surface area contributed by atoms with Gasteiger partial charge in [0.2, 0.25) is 0 Å². The Morgan fingerprint density at radius 1 is 1.10 bits per heavy atom. The van der Waals surface area contributed by atoms with Gasteiger partial charge in [0.15, 0.2) is 0 Å². The SMILES string of the molecule is O=S(=O)(Nc1ccc(Br)cc1F)c1ccc(Cl)c(Br)c1. The molecule has 0 spiro atoms. The number of hydrogen-bond donors (Lipinski definition) is 1. The molecular formula is C12H7Br2ClFNO2S. The molecule has 0 radical (unpaired) electrons. The summed E-state index contributed by atoms with van der Waals surface area (Å²) in [5.74, 6) is -0.670. The molecule has 0 fully saturated rings. The summed E-state index contributed by atoms with van der Waals surface area (Å²) >= 11 is 12.1. The topological polar surface area (TPSA) is 46.2 Å². The molecular weight excluding hydrogens is 436 g/mol. The predicted molar refractivity (Wildman–Crippen MR) is 84.1 cm³/mol. The normalized spacial score (nSPS) is 11.4. The van der Waals surface area contributed by atoms with Crippen LogP contribution in [0.15, 0.2) is 50.2 Å². The summed E-state index contributed by atoms with van der Waals surface area (Å²) in [6.07, 6.45) is 0. The van der Waals surface area contributed by atoms with Gasteiger partial charge in [0.1, 0.15) is 5.82 Å². The summed E-state index contributed by atoms with van der Waals surface area (Å²) in [5, 5.41) is 0.388. The van der Waals surface area contributed by atoms with E-state index in [0.717, 1.165) is 0 Å². The van der Waals surface area contributed by atoms with Crippen molar-refractivity contribution in [2.24, 2.45) is 0 Å². The second kappa shape index (κ2) is 6.01. The minimum atomic E-state index is -3.88. The lowest BCUT2D eigenvalue weighted by atomic mass is 10.3. The highest BCUT2D eigenvalue weighted by atomic mass is 79.9. The number of sulfonamides is 1. The van der Waals surface area contributed by atoms with Crippen molar-refractivity contribution in [3.05, 3.63) is 56.2 Å². The fourth-order valence-electron chi connectivity index (χ4n) is 1.42. The van der Waals surface area contributed by atoms with Crippen molar-refractivity contribution < 1.29 is 12.8 Å². The van der Waals surface area contributed by atoms with Crippen LogP contribution in [0.25, 0.3) is 0 Å². The minimum absolute atomic E-state index is 0.0175. The first-order chi connectivity index (χ1) is 9.29. The summed E-state index contributed by atoms with van der Waals surface area (Å²) in [5.41, 5.74) is -0.126. The summed E-state index contributed by atoms with van der Waals surface area (Å²) in [4.78, 5) is -0.0175. The van der Waals surface area contributed by atoms with E-state index < -0.39 is 15.8 Å². The van der Waals surface area contributed by atoms with Gasteiger partial charge in [-0.05, 0) is 52.3 Å². The van der Waals surface area contributed by atoms with Crippen LogP contribution in [0.4, 0.5) is 10.1 Å². The molecule has 0 atom stereocenters. The molecule has 0 saturated carbocycles. The Kier molecular flexibility index (Phi) is 4.73. The van der Waals surface area contributed by atoms with Gasteiger partial charge in [0.25, 0.3) is 10.0 Å². The standard InChI is InChI=1S/C12H7Br2ClFNO2S/c13-7-1-4-12(11(16)5-7)17-20(18,19)8-2-3-10(15)9(14)6-8/h1-6,17H. The van der Waals surface area contributed by atoms with E-state index in [2.05, 4.69) is 36.6 Å². The maximum atomic E-state index is 13.7. The van der Waals surface area contributed by atoms with E-state index in [1.165, 1.54) is 30.3 Å². The van der Waals surface area contributed by atoms with E-state index in [9.17, 15) is 12.8 Å². The number of halogens is 4. The lowest BCUT2D eigenvalue weighted by Crippen LogP contribution is -2.14. The van der Waals surface area contributed by atoms with E-state index in [0.29, 0.717) is 14.0 Å². The fraction of sp³-hybridized carbons (Fsp3) is 0. The fourth-order valence-corrected chi connectivity index (χ4v) is 3.49. The van der Waals surface area contributed by atoms with Gasteiger partial charge in [-0.15, -0.1) is 0 Å². The maximum absolute atomic E-state index is 13.7. The largest absolute Gasteiger partial charge is 0.277 e. The van der Waals surface area contributed by atoms with E-state index in [1.807, 2.05) is 0 Å². The van der Waals surface area contributed by atoms with Crippen molar-refractivity contribution in [2.45, 2.75) is 4.90 Å². The number of anilines is 1. The highest BCUT2D eigenvalue weighted by molar-refractivity contribution is 9.10. The molecule has 0 unspecified atom stereocenters. The molecule has 8 heteroatoms. The average Bonchev–Trinajstić information content (AvgIpc) is 2.36. The van der Waals surface area contributed by atoms with E-state index in [4.69, 9.17) is 11.6 Å². The zero-order chi connectivity index (χ0) is 14.9. The van der Waals surface area contributed by atoms with Gasteiger partial charge in [0.05, 0.1) is 15.6 Å². The molecule has 3 nitrogen and oxygen atoms in total. The molecule has 2 aromatic carbocycles. The van der Waals surface area contributed by atoms with Crippen molar-refractivity contribution in [3.8, 4) is 0 Å². The maximum Gasteiger partial charge on any atom is 0.262 e. The van der Waals surface area contributed by atoms with Gasteiger partial charge in [-0.2, -0.15) is 0 Å². The van der Waals surface area contributed by atoms with Crippen molar-refractivity contribution in [3.63, 3.8) is 0 Å². The summed E-state index contributed by atoms with van der Waals surface area (Å²) in [7, 11) is -3.88. The molecule has 0 aliphatic rings. The second-order valence-electron chi connectivity index (χ2n) is 3.81. The molecule has 2 rings (SSSR count). The molecule has 1 N–H and O–H groups in total. The summed E-state index contributed by atoms with van der Waals surface area (Å²) < 4.78 is 41.1. The molecule has 0 saturated heterocycles. The van der Waals surface area contributed by atoms with Crippen LogP contribution >= 0.6 is 43.5 Å². The first-order valence-electron chi connectivity index (χ1n) is 5.22. The Hall–Kier alpha value is -0.630. The number of nitrogens with one attached hydrogen (secondary N) is 1. The summed E-state index contributed by atoms with van der Waals surface area (Å²) in [6, 6.07) is 8.18. The average molecular weight is 444 g/mol. The van der Waals surface area contributed by atoms with Crippen LogP contribution in [0.3, 0.4) is 0 Å². The third-order valence-electron chi connectivity index (χ3n) is 2.38. The number of hydrogen-bond acceptors (Lipinski definition) is 2. The molecule has 0 aliphatic heterocycles. The Morgan fingerprint density at radius 3 is 2.40 bits per heavy atom. The highest BCUT2D eigenvalue weighted by Crippen LogP contribution is 2.27. The third-order valence-corrected chi connectivity index (χ3v) is 5.45. The van der Waals surface area contributed by atoms with Crippen molar-refractivity contribution in [1.29, 1.82) is 0 Å². The van der Waals surface area contributed by atoms with Crippen molar-refractivity contribution in [1.82, 2.24) is 0 Å². The summed E-state index contributed by atoms with van der Waals surface area (Å²) in [6.45, 7) is 0. The zero-order valence-corrected chi connectivity index (χ0v) is 14.4. The first-order valence-corrected chi connectivity index (χ1v) is 8.67. The van der Waals surface area contributed by atoms with Crippen LogP contribution in [-0.4, -0.2) is 8.42 Å². The number of benzene rings is 2. The smallest absolute Gasteiger partial charge is 0.262 e. The van der Waals surface area contributed by atoms with Gasteiger partial charge < -0.3 is 0 Å². The molecule has 106 valence electrons. The van der Waals surface area contributed by atoms with Crippen molar-refractivity contribution >= 4 is 59.2 Å². The second-order valence-corrected chi connectivity index (χ2v) is 7.67. The Morgan fingerprint density at radius 2 is 1.80 bits per heavy atom. The van der Waals surface area contributed by atoms with Crippen LogP contribution in [0.5, 0.6) is 0 Å². The molecule has 0 aromatic heterocycles. The molecule has 2 aromatic rings. The third kappa shape index (κ3) is 3.52. The quantitative estimate of drug-likeness (QED) is 0.741. The van der Waals surface area contributed by atoms with Crippen LogP contribution in [-0.2, 0) is 10.0 Å². The Bertz CT molecular complexity index is 768. The van der Waals surface area contributed by atoms with Crippen LogP contribution in [0.2, 0.25) is 5.02 Å². The molecule has 0 bridgehead atoms. The lowest BCUT2D eigenvalue weighted by Gasteiger charge is -2.10. The van der Waals surface area contributed by atoms with Gasteiger partial charge in [-0.3, -0.25) is 4.72 Å². The van der Waals surface area contributed by atoms with E-state index in [1.54, 1.807) is 6.07 Å². The van der Waals surface area contributed by atoms with Crippen LogP contribution in [0.1, 0.15) is 0 Å². The first kappa shape index (κ1) is 15.8. The van der Waals surface area contributed by atoms with E-state index in [-0.39, 0.29) is 10.6 Å². The molecule has 0 amide bonds. The Balaban J connectivity index is 2.38. The van der Waals surface area contributed by atoms with Gasteiger partial charge in [-0.1, -0.05) is 27.5 Å². The zero-order valence-electron chi connectivity index (χ0n) is 9.70. The monoisotopic (exact) mass is 441 g/mol. The molecule has 0 heterocycles. The molecule has 0 aliphatic carbocycles. The van der Waals surface area contributed by atoms with Crippen molar-refractivity contribution in [2.75, 3.05) is 4.72 Å². The predicted octanol–water partition coefficient (Wildman–Crippen LogP) is 4.80. The van der Waals surface area contributed by atoms with E-state index >= 15 is 0 Å². The lowest BCUT2D eigenvalue weighted by molar-refractivity contribution is 0.598. The van der Waals surface area contributed by atoms with Gasteiger partial charge in [-0.25, -0.2) is 12.8 Å². The highest BCUT2D eigenvalue weighted by Gasteiger charge is 2.17. The van der Waals surface area contributed by atoms with Gasteiger partial charge in [0, 0.05) is 8.95 Å². The van der Waals surface area contributed by atoms with Crippen LogP contribution in [0, 0.1) is 5.82 Å².